The summed E-state index contributed by atoms with van der Waals surface area (Å²) >= 11 is 0. The van der Waals surface area contributed by atoms with Crippen LogP contribution >= 0.6 is 0 Å². The van der Waals surface area contributed by atoms with Gasteiger partial charge in [0.05, 0.1) is 13.1 Å². The molecule has 23 heavy (non-hydrogen) atoms. The zero-order chi connectivity index (χ0) is 16.3. The molecule has 2 aliphatic rings. The number of amides is 1. The monoisotopic (exact) mass is 317 g/mol. The van der Waals surface area contributed by atoms with Gasteiger partial charge in [-0.25, -0.2) is 0 Å². The van der Waals surface area contributed by atoms with E-state index in [4.69, 9.17) is 9.47 Å². The lowest BCUT2D eigenvalue weighted by Crippen LogP contribution is -2.66. The summed E-state index contributed by atoms with van der Waals surface area (Å²) in [6, 6.07) is 7.96. The topological polar surface area (TPSA) is 38.8 Å². The molecule has 1 aromatic rings. The Morgan fingerprint density at radius 1 is 1.35 bits per heavy atom. The van der Waals surface area contributed by atoms with E-state index in [0.29, 0.717) is 5.92 Å². The number of methoxy groups -OCH3 is 1. The van der Waals surface area contributed by atoms with E-state index in [0.717, 1.165) is 57.6 Å². The standard InChI is InChI=1S/C19H27NO3/c1-3-15-4-6-17(7-5-15)18(21)20-13-19(14-20)12-16(8-10-22-2)9-11-23-19/h4-7,16H,3,8-14H2,1-2H3/t16-/m1/s1. The van der Waals surface area contributed by atoms with Crippen molar-refractivity contribution in [1.82, 2.24) is 4.90 Å². The highest BCUT2D eigenvalue weighted by Gasteiger charge is 2.49. The molecule has 0 aliphatic carbocycles. The number of likely N-dealkylation sites (tertiary alicyclic amines) is 1. The summed E-state index contributed by atoms with van der Waals surface area (Å²) in [4.78, 5) is 14.5. The van der Waals surface area contributed by atoms with Crippen LogP contribution in [0.1, 0.15) is 42.1 Å². The van der Waals surface area contributed by atoms with Crippen molar-refractivity contribution in [2.75, 3.05) is 33.4 Å². The maximum absolute atomic E-state index is 12.6. The lowest BCUT2D eigenvalue weighted by atomic mass is 9.79. The summed E-state index contributed by atoms with van der Waals surface area (Å²) < 4.78 is 11.2. The number of ether oxygens (including phenoxy) is 2. The van der Waals surface area contributed by atoms with Crippen molar-refractivity contribution in [3.8, 4) is 0 Å². The molecular weight excluding hydrogens is 290 g/mol. The first-order chi connectivity index (χ1) is 11.2. The minimum Gasteiger partial charge on any atom is -0.385 e. The van der Waals surface area contributed by atoms with Crippen LogP contribution in [0.4, 0.5) is 0 Å². The molecule has 2 aliphatic heterocycles. The number of nitrogens with zero attached hydrogens (tertiary/aromatic N) is 1. The molecule has 0 unspecified atom stereocenters. The predicted octanol–water partition coefficient (Wildman–Crippen LogP) is 2.91. The van der Waals surface area contributed by atoms with Crippen LogP contribution in [-0.4, -0.2) is 49.8 Å². The van der Waals surface area contributed by atoms with Gasteiger partial charge in [0.25, 0.3) is 5.91 Å². The average Bonchev–Trinajstić information content (AvgIpc) is 2.57. The molecule has 0 aromatic heterocycles. The molecule has 1 aromatic carbocycles. The summed E-state index contributed by atoms with van der Waals surface area (Å²) in [7, 11) is 1.75. The van der Waals surface area contributed by atoms with Crippen molar-refractivity contribution in [2.24, 2.45) is 5.92 Å². The number of carbonyl (C=O) groups excluding carboxylic acids is 1. The maximum atomic E-state index is 12.6. The molecule has 126 valence electrons. The van der Waals surface area contributed by atoms with E-state index in [1.165, 1.54) is 5.56 Å². The molecule has 0 radical (unpaired) electrons. The third kappa shape index (κ3) is 3.59. The fraction of sp³-hybridized carbons (Fsp3) is 0.632. The Morgan fingerprint density at radius 3 is 2.74 bits per heavy atom. The zero-order valence-electron chi connectivity index (χ0n) is 14.2. The predicted molar refractivity (Wildman–Crippen MR) is 89.6 cm³/mol. The van der Waals surface area contributed by atoms with Gasteiger partial charge in [-0.15, -0.1) is 0 Å². The number of rotatable bonds is 5. The first-order valence-electron chi connectivity index (χ1n) is 8.67. The summed E-state index contributed by atoms with van der Waals surface area (Å²) in [5, 5.41) is 0. The van der Waals surface area contributed by atoms with Gasteiger partial charge < -0.3 is 14.4 Å². The Kier molecular flexibility index (Phi) is 5.02. The fourth-order valence-electron chi connectivity index (χ4n) is 3.74. The van der Waals surface area contributed by atoms with Crippen LogP contribution in [0.2, 0.25) is 0 Å². The van der Waals surface area contributed by atoms with Crippen LogP contribution in [-0.2, 0) is 15.9 Å². The minimum atomic E-state index is -0.102. The van der Waals surface area contributed by atoms with Gasteiger partial charge in [0.1, 0.15) is 5.60 Å². The second-order valence-electron chi connectivity index (χ2n) is 6.88. The number of benzene rings is 1. The zero-order valence-corrected chi connectivity index (χ0v) is 14.2. The van der Waals surface area contributed by atoms with Gasteiger partial charge in [-0.05, 0) is 49.3 Å². The van der Waals surface area contributed by atoms with Gasteiger partial charge in [-0.2, -0.15) is 0 Å². The van der Waals surface area contributed by atoms with Gasteiger partial charge in [-0.3, -0.25) is 4.79 Å². The number of hydrogen-bond donors (Lipinski definition) is 0. The van der Waals surface area contributed by atoms with Crippen molar-refractivity contribution in [3.63, 3.8) is 0 Å². The second-order valence-corrected chi connectivity index (χ2v) is 6.88. The molecule has 3 rings (SSSR count). The summed E-state index contributed by atoms with van der Waals surface area (Å²) in [5.41, 5.74) is 1.94. The van der Waals surface area contributed by atoms with Crippen LogP contribution in [0.3, 0.4) is 0 Å². The average molecular weight is 317 g/mol. The van der Waals surface area contributed by atoms with Crippen LogP contribution in [0.15, 0.2) is 24.3 Å². The first-order valence-corrected chi connectivity index (χ1v) is 8.67. The second kappa shape index (κ2) is 7.02. The molecule has 2 heterocycles. The van der Waals surface area contributed by atoms with E-state index in [2.05, 4.69) is 6.92 Å². The minimum absolute atomic E-state index is 0.102. The molecule has 1 spiro atoms. The molecule has 4 nitrogen and oxygen atoms in total. The van der Waals surface area contributed by atoms with E-state index in [-0.39, 0.29) is 11.5 Å². The van der Waals surface area contributed by atoms with Crippen molar-refractivity contribution < 1.29 is 14.3 Å². The van der Waals surface area contributed by atoms with E-state index in [1.54, 1.807) is 7.11 Å². The third-order valence-corrected chi connectivity index (χ3v) is 5.18. The molecule has 1 amide bonds. The number of hydrogen-bond acceptors (Lipinski definition) is 3. The van der Waals surface area contributed by atoms with Crippen molar-refractivity contribution in [1.29, 1.82) is 0 Å². The smallest absolute Gasteiger partial charge is 0.254 e. The highest BCUT2D eigenvalue weighted by molar-refractivity contribution is 5.95. The van der Waals surface area contributed by atoms with Crippen LogP contribution < -0.4 is 0 Å². The normalized spacial score (nSPS) is 22.9. The summed E-state index contributed by atoms with van der Waals surface area (Å²) in [6.07, 6.45) is 4.25. The van der Waals surface area contributed by atoms with Crippen LogP contribution in [0.25, 0.3) is 0 Å². The first kappa shape index (κ1) is 16.5. The highest BCUT2D eigenvalue weighted by Crippen LogP contribution is 2.38. The van der Waals surface area contributed by atoms with E-state index >= 15 is 0 Å². The Morgan fingerprint density at radius 2 is 2.09 bits per heavy atom. The van der Waals surface area contributed by atoms with E-state index in [9.17, 15) is 4.79 Å². The van der Waals surface area contributed by atoms with Crippen LogP contribution in [0, 0.1) is 5.92 Å². The molecule has 0 bridgehead atoms. The molecule has 4 heteroatoms. The molecule has 0 saturated carbocycles. The summed E-state index contributed by atoms with van der Waals surface area (Å²) in [6.45, 7) is 5.20. The molecule has 2 fully saturated rings. The molecule has 1 atom stereocenters. The quantitative estimate of drug-likeness (QED) is 0.838. The Balaban J connectivity index is 1.55. The lowest BCUT2D eigenvalue weighted by molar-refractivity contribution is -0.167. The number of carbonyl (C=O) groups is 1. The Hall–Kier alpha value is -1.39. The van der Waals surface area contributed by atoms with Gasteiger partial charge in [0, 0.05) is 25.9 Å². The Labute approximate surface area is 138 Å². The lowest BCUT2D eigenvalue weighted by Gasteiger charge is -2.53. The highest BCUT2D eigenvalue weighted by atomic mass is 16.5. The van der Waals surface area contributed by atoms with Gasteiger partial charge in [0.2, 0.25) is 0 Å². The van der Waals surface area contributed by atoms with E-state index < -0.39 is 0 Å². The Bertz CT molecular complexity index is 534. The van der Waals surface area contributed by atoms with Crippen molar-refractivity contribution >= 4 is 5.91 Å². The molecule has 2 saturated heterocycles. The largest absolute Gasteiger partial charge is 0.385 e. The number of aryl methyl sites for hydroxylation is 1. The maximum Gasteiger partial charge on any atom is 0.254 e. The van der Waals surface area contributed by atoms with Crippen molar-refractivity contribution in [3.05, 3.63) is 35.4 Å². The SMILES string of the molecule is CCc1ccc(C(=O)N2CC3(C[C@H](CCOC)CCO3)C2)cc1. The summed E-state index contributed by atoms with van der Waals surface area (Å²) in [5.74, 6) is 0.783. The molecular formula is C19H27NO3. The van der Waals surface area contributed by atoms with E-state index in [1.807, 2.05) is 29.2 Å². The van der Waals surface area contributed by atoms with Gasteiger partial charge in [0.15, 0.2) is 0 Å². The third-order valence-electron chi connectivity index (χ3n) is 5.18. The fourth-order valence-corrected chi connectivity index (χ4v) is 3.74. The van der Waals surface area contributed by atoms with Crippen LogP contribution in [0.5, 0.6) is 0 Å². The van der Waals surface area contributed by atoms with Gasteiger partial charge >= 0.3 is 0 Å². The molecule has 0 N–H and O–H groups in total. The van der Waals surface area contributed by atoms with Crippen molar-refractivity contribution in [2.45, 2.75) is 38.2 Å². The van der Waals surface area contributed by atoms with Gasteiger partial charge in [-0.1, -0.05) is 19.1 Å².